The van der Waals surface area contributed by atoms with Gasteiger partial charge in [-0.15, -0.1) is 0 Å². The van der Waals surface area contributed by atoms with E-state index in [0.717, 1.165) is 17.3 Å². The summed E-state index contributed by atoms with van der Waals surface area (Å²) in [6, 6.07) is 10.9. The molecule has 0 aliphatic heterocycles. The van der Waals surface area contributed by atoms with Crippen LogP contribution in [-0.2, 0) is 4.79 Å². The number of carboxylic acid groups (broad SMARTS) is 1. The largest absolute Gasteiger partial charge is 0.480 e. The SMILES string of the molecule is CC[C@H](C)[C@H](Nc1ccc2ccccc2n1)C(=O)O. The Morgan fingerprint density at radius 2 is 2.05 bits per heavy atom. The Hall–Kier alpha value is -2.10. The van der Waals surface area contributed by atoms with Crippen molar-refractivity contribution in [3.63, 3.8) is 0 Å². The minimum atomic E-state index is -0.843. The van der Waals surface area contributed by atoms with Crippen molar-refractivity contribution in [3.05, 3.63) is 36.4 Å². The van der Waals surface area contributed by atoms with Gasteiger partial charge in [0.15, 0.2) is 0 Å². The lowest BCUT2D eigenvalue weighted by Crippen LogP contribution is -2.35. The molecule has 0 spiro atoms. The summed E-state index contributed by atoms with van der Waals surface area (Å²) in [6.45, 7) is 3.91. The van der Waals surface area contributed by atoms with Crippen molar-refractivity contribution in [2.45, 2.75) is 26.3 Å². The number of aliphatic carboxylic acids is 1. The molecule has 0 bridgehead atoms. The molecule has 1 aromatic heterocycles. The predicted molar refractivity (Wildman–Crippen MR) is 76.2 cm³/mol. The average Bonchev–Trinajstić information content (AvgIpc) is 2.43. The zero-order valence-corrected chi connectivity index (χ0v) is 11.1. The summed E-state index contributed by atoms with van der Waals surface area (Å²) in [4.78, 5) is 15.7. The zero-order valence-electron chi connectivity index (χ0n) is 11.1. The van der Waals surface area contributed by atoms with Gasteiger partial charge in [0.25, 0.3) is 0 Å². The minimum absolute atomic E-state index is 0.0470. The van der Waals surface area contributed by atoms with Gasteiger partial charge < -0.3 is 10.4 Å². The van der Waals surface area contributed by atoms with Crippen LogP contribution in [0.4, 0.5) is 5.82 Å². The first-order valence-corrected chi connectivity index (χ1v) is 6.47. The van der Waals surface area contributed by atoms with E-state index in [-0.39, 0.29) is 5.92 Å². The molecule has 0 fully saturated rings. The number of nitrogens with one attached hydrogen (secondary N) is 1. The van der Waals surface area contributed by atoms with E-state index in [4.69, 9.17) is 0 Å². The summed E-state index contributed by atoms with van der Waals surface area (Å²) in [5.41, 5.74) is 0.862. The number of hydrogen-bond acceptors (Lipinski definition) is 3. The highest BCUT2D eigenvalue weighted by Gasteiger charge is 2.23. The number of para-hydroxylation sites is 1. The van der Waals surface area contributed by atoms with Crippen LogP contribution in [0.1, 0.15) is 20.3 Å². The molecular formula is C15H18N2O2. The van der Waals surface area contributed by atoms with Crippen LogP contribution in [-0.4, -0.2) is 22.1 Å². The summed E-state index contributed by atoms with van der Waals surface area (Å²) in [7, 11) is 0. The number of pyridine rings is 1. The Bertz CT molecular complexity index is 583. The van der Waals surface area contributed by atoms with E-state index in [1.54, 1.807) is 0 Å². The second-order valence-electron chi connectivity index (χ2n) is 4.73. The van der Waals surface area contributed by atoms with E-state index in [1.165, 1.54) is 0 Å². The Morgan fingerprint density at radius 1 is 1.32 bits per heavy atom. The highest BCUT2D eigenvalue weighted by molar-refractivity contribution is 5.81. The predicted octanol–water partition coefficient (Wildman–Crippen LogP) is 3.15. The average molecular weight is 258 g/mol. The number of carbonyl (C=O) groups is 1. The van der Waals surface area contributed by atoms with E-state index >= 15 is 0 Å². The summed E-state index contributed by atoms with van der Waals surface area (Å²) < 4.78 is 0. The third kappa shape index (κ3) is 3.02. The second-order valence-corrected chi connectivity index (χ2v) is 4.73. The van der Waals surface area contributed by atoms with Gasteiger partial charge in [0.2, 0.25) is 0 Å². The van der Waals surface area contributed by atoms with E-state index in [2.05, 4.69) is 10.3 Å². The van der Waals surface area contributed by atoms with Crippen LogP contribution in [0.5, 0.6) is 0 Å². The summed E-state index contributed by atoms with van der Waals surface area (Å²) in [6.07, 6.45) is 0.803. The van der Waals surface area contributed by atoms with Crippen molar-refractivity contribution in [1.82, 2.24) is 4.98 Å². The molecule has 4 nitrogen and oxygen atoms in total. The lowest BCUT2D eigenvalue weighted by atomic mass is 9.99. The van der Waals surface area contributed by atoms with Crippen LogP contribution in [0, 0.1) is 5.92 Å². The van der Waals surface area contributed by atoms with Crippen LogP contribution in [0.3, 0.4) is 0 Å². The quantitative estimate of drug-likeness (QED) is 0.864. The molecular weight excluding hydrogens is 240 g/mol. The van der Waals surface area contributed by atoms with Gasteiger partial charge in [-0.3, -0.25) is 0 Å². The van der Waals surface area contributed by atoms with Crippen molar-refractivity contribution in [2.75, 3.05) is 5.32 Å². The van der Waals surface area contributed by atoms with E-state index in [0.29, 0.717) is 5.82 Å². The van der Waals surface area contributed by atoms with Crippen molar-refractivity contribution < 1.29 is 9.90 Å². The van der Waals surface area contributed by atoms with Crippen molar-refractivity contribution >= 4 is 22.7 Å². The third-order valence-electron chi connectivity index (χ3n) is 3.38. The van der Waals surface area contributed by atoms with Gasteiger partial charge in [0.1, 0.15) is 11.9 Å². The molecule has 0 unspecified atom stereocenters. The zero-order chi connectivity index (χ0) is 13.8. The maximum atomic E-state index is 11.3. The monoisotopic (exact) mass is 258 g/mol. The second kappa shape index (κ2) is 5.69. The Kier molecular flexibility index (Phi) is 4.00. The smallest absolute Gasteiger partial charge is 0.326 e. The molecule has 0 saturated heterocycles. The molecule has 0 radical (unpaired) electrons. The van der Waals surface area contributed by atoms with Gasteiger partial charge >= 0.3 is 5.97 Å². The van der Waals surface area contributed by atoms with Gasteiger partial charge in [0.05, 0.1) is 5.52 Å². The van der Waals surface area contributed by atoms with Crippen molar-refractivity contribution in [1.29, 1.82) is 0 Å². The topological polar surface area (TPSA) is 62.2 Å². The number of carboxylic acids is 1. The first-order chi connectivity index (χ1) is 9.11. The highest BCUT2D eigenvalue weighted by atomic mass is 16.4. The summed E-state index contributed by atoms with van der Waals surface area (Å²) in [5.74, 6) is -0.193. The number of aromatic nitrogens is 1. The minimum Gasteiger partial charge on any atom is -0.480 e. The van der Waals surface area contributed by atoms with E-state index < -0.39 is 12.0 Å². The van der Waals surface area contributed by atoms with Gasteiger partial charge in [-0.05, 0) is 24.1 Å². The third-order valence-corrected chi connectivity index (χ3v) is 3.38. The van der Waals surface area contributed by atoms with E-state index in [1.807, 2.05) is 50.2 Å². The normalized spacial score (nSPS) is 14.0. The maximum Gasteiger partial charge on any atom is 0.326 e. The molecule has 0 aliphatic carbocycles. The van der Waals surface area contributed by atoms with Crippen LogP contribution >= 0.6 is 0 Å². The maximum absolute atomic E-state index is 11.3. The first-order valence-electron chi connectivity index (χ1n) is 6.47. The molecule has 2 atom stereocenters. The fraction of sp³-hybridized carbons (Fsp3) is 0.333. The van der Waals surface area contributed by atoms with Gasteiger partial charge in [-0.2, -0.15) is 0 Å². The van der Waals surface area contributed by atoms with Crippen LogP contribution < -0.4 is 5.32 Å². The Morgan fingerprint density at radius 3 is 2.74 bits per heavy atom. The molecule has 2 aromatic rings. The number of benzene rings is 1. The lowest BCUT2D eigenvalue weighted by Gasteiger charge is -2.20. The molecule has 0 saturated carbocycles. The number of rotatable bonds is 5. The molecule has 1 aromatic carbocycles. The fourth-order valence-corrected chi connectivity index (χ4v) is 1.99. The molecule has 1 heterocycles. The highest BCUT2D eigenvalue weighted by Crippen LogP contribution is 2.18. The van der Waals surface area contributed by atoms with Gasteiger partial charge in [-0.1, -0.05) is 38.5 Å². The number of hydrogen-bond donors (Lipinski definition) is 2. The lowest BCUT2D eigenvalue weighted by molar-refractivity contribution is -0.139. The Balaban J connectivity index is 2.26. The van der Waals surface area contributed by atoms with E-state index in [9.17, 15) is 9.90 Å². The molecule has 2 N–H and O–H groups in total. The van der Waals surface area contributed by atoms with Crippen molar-refractivity contribution in [2.24, 2.45) is 5.92 Å². The standard InChI is InChI=1S/C15H18N2O2/c1-3-10(2)14(15(18)19)17-13-9-8-11-6-4-5-7-12(11)16-13/h4-10,14H,3H2,1-2H3,(H,16,17)(H,18,19)/t10-,14-/m0/s1. The van der Waals surface area contributed by atoms with Crippen LogP contribution in [0.15, 0.2) is 36.4 Å². The van der Waals surface area contributed by atoms with Crippen molar-refractivity contribution in [3.8, 4) is 0 Å². The Labute approximate surface area is 112 Å². The number of fused-ring (bicyclic) bond motifs is 1. The first kappa shape index (κ1) is 13.3. The van der Waals surface area contributed by atoms with Gasteiger partial charge in [-0.25, -0.2) is 9.78 Å². The molecule has 100 valence electrons. The number of nitrogens with zero attached hydrogens (tertiary/aromatic N) is 1. The van der Waals surface area contributed by atoms with Crippen LogP contribution in [0.25, 0.3) is 10.9 Å². The summed E-state index contributed by atoms with van der Waals surface area (Å²) in [5, 5.41) is 13.3. The number of anilines is 1. The molecule has 2 rings (SSSR count). The molecule has 0 aliphatic rings. The van der Waals surface area contributed by atoms with Gasteiger partial charge in [0, 0.05) is 5.39 Å². The fourth-order valence-electron chi connectivity index (χ4n) is 1.99. The molecule has 4 heteroatoms. The molecule has 19 heavy (non-hydrogen) atoms. The summed E-state index contributed by atoms with van der Waals surface area (Å²) >= 11 is 0. The van der Waals surface area contributed by atoms with Crippen LogP contribution in [0.2, 0.25) is 0 Å². The molecule has 0 amide bonds.